The number of fused-ring (bicyclic) bond motifs is 5. The van der Waals surface area contributed by atoms with E-state index in [1.54, 1.807) is 12.2 Å². The van der Waals surface area contributed by atoms with Gasteiger partial charge in [0.1, 0.15) is 12.2 Å². The van der Waals surface area contributed by atoms with Gasteiger partial charge in [-0.1, -0.05) is 32.1 Å². The summed E-state index contributed by atoms with van der Waals surface area (Å²) in [5.74, 6) is -0.656. The molecule has 0 saturated heterocycles. The lowest BCUT2D eigenvalue weighted by Crippen LogP contribution is -2.61. The Morgan fingerprint density at radius 1 is 1.31 bits per heavy atom. The average Bonchev–Trinajstić information content (AvgIpc) is 2.86. The molecular weight excluding hydrogens is 332 g/mol. The van der Waals surface area contributed by atoms with Crippen LogP contribution in [0.5, 0.6) is 0 Å². The molecule has 2 fully saturated rings. The number of allylic oxidation sites excluding steroid dienone is 6. The fourth-order valence-corrected chi connectivity index (χ4v) is 6.38. The van der Waals surface area contributed by atoms with Gasteiger partial charge < -0.3 is 15.3 Å². The van der Waals surface area contributed by atoms with Gasteiger partial charge in [-0.25, -0.2) is 0 Å². The summed E-state index contributed by atoms with van der Waals surface area (Å²) in [5.41, 5.74) is -1.89. The van der Waals surface area contributed by atoms with E-state index < -0.39 is 34.9 Å². The summed E-state index contributed by atoms with van der Waals surface area (Å²) >= 11 is 0. The Balaban J connectivity index is 1.80. The number of carbonyl (C=O) groups is 2. The van der Waals surface area contributed by atoms with Crippen LogP contribution in [0.3, 0.4) is 0 Å². The summed E-state index contributed by atoms with van der Waals surface area (Å²) in [6.45, 7) is 3.24. The third-order valence-electron chi connectivity index (χ3n) is 7.82. The molecule has 0 heterocycles. The number of hydrogen-bond acceptors (Lipinski definition) is 5. The lowest BCUT2D eigenvalue weighted by molar-refractivity contribution is -0.172. The van der Waals surface area contributed by atoms with E-state index in [4.69, 9.17) is 0 Å². The van der Waals surface area contributed by atoms with E-state index in [1.807, 2.05) is 25.2 Å². The van der Waals surface area contributed by atoms with E-state index in [9.17, 15) is 24.9 Å². The van der Waals surface area contributed by atoms with Gasteiger partial charge >= 0.3 is 0 Å². The van der Waals surface area contributed by atoms with Gasteiger partial charge in [0.25, 0.3) is 0 Å². The second-order valence-electron chi connectivity index (χ2n) is 8.86. The Hall–Kier alpha value is -1.56. The molecule has 4 aliphatic rings. The molecule has 0 aromatic carbocycles. The highest BCUT2D eigenvalue weighted by molar-refractivity contribution is 6.01. The largest absolute Gasteiger partial charge is 0.393 e. The molecule has 5 nitrogen and oxygen atoms in total. The number of carbonyl (C=O) groups excluding carboxylic acids is 2. The van der Waals surface area contributed by atoms with Crippen molar-refractivity contribution in [2.45, 2.75) is 44.8 Å². The van der Waals surface area contributed by atoms with Gasteiger partial charge in [0, 0.05) is 16.7 Å². The fourth-order valence-electron chi connectivity index (χ4n) is 6.38. The number of aliphatic hydroxyl groups is 3. The molecular formula is C21H26O5. The maximum absolute atomic E-state index is 12.3. The summed E-state index contributed by atoms with van der Waals surface area (Å²) in [7, 11) is 0. The van der Waals surface area contributed by atoms with Gasteiger partial charge in [-0.15, -0.1) is 0 Å². The minimum absolute atomic E-state index is 0.00395. The van der Waals surface area contributed by atoms with Gasteiger partial charge in [0.05, 0.1) is 6.10 Å². The zero-order valence-electron chi connectivity index (χ0n) is 15.2. The smallest absolute Gasteiger partial charge is 0.190 e. The van der Waals surface area contributed by atoms with Crippen molar-refractivity contribution in [1.82, 2.24) is 0 Å². The lowest BCUT2D eigenvalue weighted by Gasteiger charge is -2.57. The second-order valence-corrected chi connectivity index (χ2v) is 8.86. The second kappa shape index (κ2) is 5.47. The quantitative estimate of drug-likeness (QED) is 0.692. The molecule has 0 aromatic heterocycles. The zero-order valence-corrected chi connectivity index (χ0v) is 15.2. The lowest BCUT2D eigenvalue weighted by atomic mass is 9.48. The summed E-state index contributed by atoms with van der Waals surface area (Å²) < 4.78 is 0. The van der Waals surface area contributed by atoms with Crippen LogP contribution in [-0.4, -0.2) is 45.2 Å². The molecule has 0 aliphatic heterocycles. The monoisotopic (exact) mass is 358 g/mol. The number of Topliss-reactive ketones (excluding diaryl/α,β-unsaturated/α-hetero) is 1. The van der Waals surface area contributed by atoms with E-state index in [1.165, 1.54) is 0 Å². The van der Waals surface area contributed by atoms with Crippen molar-refractivity contribution in [3.63, 3.8) is 0 Å². The SMILES string of the molecule is C[C@]12C=CC(=O)C=C1C=CC1C2C(O)C[C@@]2(C)C1CC[C@]2(O)C(=O)CO. The van der Waals surface area contributed by atoms with Gasteiger partial charge in [0.2, 0.25) is 0 Å². The Morgan fingerprint density at radius 2 is 2.04 bits per heavy atom. The highest BCUT2D eigenvalue weighted by atomic mass is 16.3. The predicted molar refractivity (Wildman–Crippen MR) is 95.0 cm³/mol. The van der Waals surface area contributed by atoms with Crippen molar-refractivity contribution in [3.8, 4) is 0 Å². The van der Waals surface area contributed by atoms with Gasteiger partial charge in [0.15, 0.2) is 11.6 Å². The van der Waals surface area contributed by atoms with Crippen LogP contribution in [0.15, 0.2) is 36.0 Å². The van der Waals surface area contributed by atoms with Crippen molar-refractivity contribution in [1.29, 1.82) is 0 Å². The average molecular weight is 358 g/mol. The van der Waals surface area contributed by atoms with Crippen LogP contribution >= 0.6 is 0 Å². The Morgan fingerprint density at radius 3 is 2.73 bits per heavy atom. The van der Waals surface area contributed by atoms with E-state index in [-0.39, 0.29) is 23.5 Å². The maximum Gasteiger partial charge on any atom is 0.190 e. The van der Waals surface area contributed by atoms with Crippen molar-refractivity contribution in [2.24, 2.45) is 28.6 Å². The first kappa shape index (κ1) is 17.8. The molecule has 4 aliphatic carbocycles. The first-order valence-electron chi connectivity index (χ1n) is 9.35. The fraction of sp³-hybridized carbons (Fsp3) is 0.619. The molecule has 26 heavy (non-hydrogen) atoms. The number of hydrogen-bond donors (Lipinski definition) is 3. The van der Waals surface area contributed by atoms with E-state index >= 15 is 0 Å². The Labute approximate surface area is 153 Å². The van der Waals surface area contributed by atoms with Crippen LogP contribution in [0, 0.1) is 28.6 Å². The predicted octanol–water partition coefficient (Wildman–Crippen LogP) is 1.33. The van der Waals surface area contributed by atoms with Gasteiger partial charge in [-0.2, -0.15) is 0 Å². The minimum atomic E-state index is -1.60. The molecule has 3 N–H and O–H groups in total. The molecule has 4 rings (SSSR count). The highest BCUT2D eigenvalue weighted by Gasteiger charge is 2.67. The van der Waals surface area contributed by atoms with Gasteiger partial charge in [-0.3, -0.25) is 9.59 Å². The third-order valence-corrected chi connectivity index (χ3v) is 7.82. The maximum atomic E-state index is 12.3. The summed E-state index contributed by atoms with van der Waals surface area (Å²) in [4.78, 5) is 24.1. The van der Waals surface area contributed by atoms with E-state index in [0.717, 1.165) is 5.57 Å². The number of rotatable bonds is 2. The minimum Gasteiger partial charge on any atom is -0.393 e. The molecule has 140 valence electrons. The van der Waals surface area contributed by atoms with Crippen molar-refractivity contribution in [3.05, 3.63) is 36.0 Å². The van der Waals surface area contributed by atoms with Crippen molar-refractivity contribution in [2.75, 3.05) is 6.61 Å². The molecule has 0 aromatic rings. The topological polar surface area (TPSA) is 94.8 Å². The summed E-state index contributed by atoms with van der Waals surface area (Å²) in [6.07, 6.45) is 9.69. The highest BCUT2D eigenvalue weighted by Crippen LogP contribution is 2.65. The van der Waals surface area contributed by atoms with Crippen LogP contribution < -0.4 is 0 Å². The van der Waals surface area contributed by atoms with Gasteiger partial charge in [-0.05, 0) is 48.8 Å². The number of aliphatic hydroxyl groups excluding tert-OH is 2. The normalized spacial score (nSPS) is 49.3. The molecule has 0 radical (unpaired) electrons. The van der Waals surface area contributed by atoms with Crippen LogP contribution in [0.25, 0.3) is 0 Å². The number of ketones is 2. The van der Waals surface area contributed by atoms with Crippen LogP contribution in [0.4, 0.5) is 0 Å². The molecule has 0 amide bonds. The first-order valence-corrected chi connectivity index (χ1v) is 9.35. The molecule has 7 atom stereocenters. The molecule has 0 bridgehead atoms. The Bertz CT molecular complexity index is 764. The molecule has 4 unspecified atom stereocenters. The van der Waals surface area contributed by atoms with Crippen LogP contribution in [0.2, 0.25) is 0 Å². The zero-order chi connectivity index (χ0) is 18.9. The molecule has 2 saturated carbocycles. The first-order chi connectivity index (χ1) is 12.2. The van der Waals surface area contributed by atoms with E-state index in [0.29, 0.717) is 19.3 Å². The van der Waals surface area contributed by atoms with Crippen molar-refractivity contribution < 1.29 is 24.9 Å². The van der Waals surface area contributed by atoms with Crippen LogP contribution in [-0.2, 0) is 9.59 Å². The summed E-state index contributed by atoms with van der Waals surface area (Å²) in [5, 5.41) is 31.6. The third kappa shape index (κ3) is 2.02. The standard InChI is InChI=1S/C21H26O5/c1-19-7-5-13(23)9-12(19)3-4-14-15-6-8-21(26,17(25)11-22)20(15,2)10-16(24)18(14)19/h3-5,7,9,14-16,18,22,24,26H,6,8,10-11H2,1-2H3/t14?,15?,16?,18?,19-,20-,21-/m0/s1. The Kier molecular flexibility index (Phi) is 3.75. The summed E-state index contributed by atoms with van der Waals surface area (Å²) in [6, 6.07) is 0. The van der Waals surface area contributed by atoms with Crippen molar-refractivity contribution >= 4 is 11.6 Å². The van der Waals surface area contributed by atoms with E-state index in [2.05, 4.69) is 6.92 Å². The molecule has 0 spiro atoms. The van der Waals surface area contributed by atoms with Crippen LogP contribution in [0.1, 0.15) is 33.1 Å². The molecule has 5 heteroatoms.